The Morgan fingerprint density at radius 3 is 2.45 bits per heavy atom. The molecule has 0 amide bonds. The lowest BCUT2D eigenvalue weighted by Gasteiger charge is -2.33. The summed E-state index contributed by atoms with van der Waals surface area (Å²) in [5.41, 5.74) is 3.32. The van der Waals surface area contributed by atoms with E-state index in [1.165, 1.54) is 43.2 Å². The molecule has 110 valence electrons. The van der Waals surface area contributed by atoms with Gasteiger partial charge in [0.15, 0.2) is 5.78 Å². The van der Waals surface area contributed by atoms with Crippen LogP contribution < -0.4 is 0 Å². The summed E-state index contributed by atoms with van der Waals surface area (Å²) < 4.78 is 0. The highest BCUT2D eigenvalue weighted by molar-refractivity contribution is 5.97. The van der Waals surface area contributed by atoms with Crippen molar-refractivity contribution in [3.8, 4) is 0 Å². The average molecular weight is 273 g/mol. The molecule has 0 heterocycles. The van der Waals surface area contributed by atoms with Crippen LogP contribution in [0.2, 0.25) is 0 Å². The summed E-state index contributed by atoms with van der Waals surface area (Å²) in [6, 6.07) is 6.68. The number of carbonyl (C=O) groups excluding carboxylic acids is 1. The molecule has 0 atom stereocenters. The SMILES string of the molecule is CCN(CC(=O)c1ccc(C)c(C)c1)C1CCCCC1. The third kappa shape index (κ3) is 3.69. The maximum atomic E-state index is 12.5. The molecule has 0 N–H and O–H groups in total. The van der Waals surface area contributed by atoms with E-state index in [4.69, 9.17) is 0 Å². The van der Waals surface area contributed by atoms with Crippen LogP contribution in [-0.2, 0) is 0 Å². The van der Waals surface area contributed by atoms with Crippen LogP contribution in [0, 0.1) is 13.8 Å². The Labute approximate surface area is 123 Å². The van der Waals surface area contributed by atoms with Crippen molar-refractivity contribution in [2.45, 2.75) is 58.9 Å². The highest BCUT2D eigenvalue weighted by Gasteiger charge is 2.22. The molecular weight excluding hydrogens is 246 g/mol. The minimum Gasteiger partial charge on any atom is -0.293 e. The zero-order chi connectivity index (χ0) is 14.5. The van der Waals surface area contributed by atoms with Crippen LogP contribution in [0.3, 0.4) is 0 Å². The lowest BCUT2D eigenvalue weighted by Crippen LogP contribution is -2.40. The van der Waals surface area contributed by atoms with Crippen LogP contribution in [-0.4, -0.2) is 29.8 Å². The molecular formula is C18H27NO. The summed E-state index contributed by atoms with van der Waals surface area (Å²) in [7, 11) is 0. The van der Waals surface area contributed by atoms with Crippen molar-refractivity contribution < 1.29 is 4.79 Å². The predicted molar refractivity (Wildman–Crippen MR) is 84.4 cm³/mol. The molecule has 1 aromatic carbocycles. The fourth-order valence-electron chi connectivity index (χ4n) is 3.14. The molecule has 20 heavy (non-hydrogen) atoms. The Hall–Kier alpha value is -1.15. The minimum absolute atomic E-state index is 0.264. The van der Waals surface area contributed by atoms with Gasteiger partial charge < -0.3 is 0 Å². The van der Waals surface area contributed by atoms with E-state index in [1.807, 2.05) is 12.1 Å². The number of nitrogens with zero attached hydrogens (tertiary/aromatic N) is 1. The first-order valence-corrected chi connectivity index (χ1v) is 7.96. The van der Waals surface area contributed by atoms with Crippen molar-refractivity contribution >= 4 is 5.78 Å². The van der Waals surface area contributed by atoms with Gasteiger partial charge in [-0.25, -0.2) is 0 Å². The number of likely N-dealkylation sites (N-methyl/N-ethyl adjacent to an activating group) is 1. The van der Waals surface area contributed by atoms with Crippen molar-refractivity contribution in [1.82, 2.24) is 4.90 Å². The number of aryl methyl sites for hydroxylation is 2. The van der Waals surface area contributed by atoms with Gasteiger partial charge in [0.05, 0.1) is 6.54 Å². The lowest BCUT2D eigenvalue weighted by molar-refractivity contribution is 0.0868. The zero-order valence-corrected chi connectivity index (χ0v) is 13.1. The Morgan fingerprint density at radius 2 is 1.85 bits per heavy atom. The Balaban J connectivity index is 2.02. The summed E-state index contributed by atoms with van der Waals surface area (Å²) in [6.07, 6.45) is 6.51. The monoisotopic (exact) mass is 273 g/mol. The van der Waals surface area contributed by atoms with Crippen molar-refractivity contribution in [2.24, 2.45) is 0 Å². The number of ketones is 1. The zero-order valence-electron chi connectivity index (χ0n) is 13.1. The van der Waals surface area contributed by atoms with E-state index in [9.17, 15) is 4.79 Å². The van der Waals surface area contributed by atoms with Crippen molar-refractivity contribution in [2.75, 3.05) is 13.1 Å². The third-order valence-corrected chi connectivity index (χ3v) is 4.67. The highest BCUT2D eigenvalue weighted by atomic mass is 16.1. The van der Waals surface area contributed by atoms with Crippen LogP contribution >= 0.6 is 0 Å². The van der Waals surface area contributed by atoms with E-state index in [0.717, 1.165) is 12.1 Å². The number of benzene rings is 1. The largest absolute Gasteiger partial charge is 0.293 e. The van der Waals surface area contributed by atoms with Gasteiger partial charge in [0, 0.05) is 11.6 Å². The normalized spacial score (nSPS) is 16.6. The molecule has 0 radical (unpaired) electrons. The van der Waals surface area contributed by atoms with Gasteiger partial charge in [0.2, 0.25) is 0 Å². The molecule has 2 rings (SSSR count). The summed E-state index contributed by atoms with van der Waals surface area (Å²) in [5, 5.41) is 0. The number of hydrogen-bond donors (Lipinski definition) is 0. The van der Waals surface area contributed by atoms with E-state index < -0.39 is 0 Å². The molecule has 0 saturated heterocycles. The molecule has 1 aliphatic rings. The molecule has 0 bridgehead atoms. The van der Waals surface area contributed by atoms with E-state index in [1.54, 1.807) is 0 Å². The number of carbonyl (C=O) groups is 1. The van der Waals surface area contributed by atoms with Crippen LogP contribution in [0.1, 0.15) is 60.5 Å². The fourth-order valence-corrected chi connectivity index (χ4v) is 3.14. The Morgan fingerprint density at radius 1 is 1.15 bits per heavy atom. The molecule has 0 aliphatic heterocycles. The molecule has 1 fully saturated rings. The van der Waals surface area contributed by atoms with Crippen molar-refractivity contribution in [1.29, 1.82) is 0 Å². The molecule has 0 spiro atoms. The van der Waals surface area contributed by atoms with Gasteiger partial charge in [0.25, 0.3) is 0 Å². The first-order valence-electron chi connectivity index (χ1n) is 7.96. The second kappa shape index (κ2) is 7.03. The minimum atomic E-state index is 0.264. The fraction of sp³-hybridized carbons (Fsp3) is 0.611. The van der Waals surface area contributed by atoms with Crippen molar-refractivity contribution in [3.05, 3.63) is 34.9 Å². The maximum Gasteiger partial charge on any atom is 0.176 e. The van der Waals surface area contributed by atoms with Gasteiger partial charge >= 0.3 is 0 Å². The quantitative estimate of drug-likeness (QED) is 0.751. The average Bonchev–Trinajstić information content (AvgIpc) is 2.48. The highest BCUT2D eigenvalue weighted by Crippen LogP contribution is 2.22. The Bertz CT molecular complexity index is 460. The number of hydrogen-bond acceptors (Lipinski definition) is 2. The topological polar surface area (TPSA) is 20.3 Å². The molecule has 2 heteroatoms. The van der Waals surface area contributed by atoms with E-state index in [-0.39, 0.29) is 5.78 Å². The third-order valence-electron chi connectivity index (χ3n) is 4.67. The number of rotatable bonds is 5. The van der Waals surface area contributed by atoms with Gasteiger partial charge in [-0.05, 0) is 50.4 Å². The predicted octanol–water partition coefficient (Wildman–Crippen LogP) is 4.14. The smallest absolute Gasteiger partial charge is 0.176 e. The second-order valence-electron chi connectivity index (χ2n) is 6.08. The van der Waals surface area contributed by atoms with Crippen LogP contribution in [0.25, 0.3) is 0 Å². The summed E-state index contributed by atoms with van der Waals surface area (Å²) in [5.74, 6) is 0.264. The molecule has 1 aliphatic carbocycles. The van der Waals surface area contributed by atoms with Crippen molar-refractivity contribution in [3.63, 3.8) is 0 Å². The maximum absolute atomic E-state index is 12.5. The summed E-state index contributed by atoms with van der Waals surface area (Å²) in [6.45, 7) is 7.88. The standard InChI is InChI=1S/C18H27NO/c1-4-19(17-8-6-5-7-9-17)13-18(20)16-11-10-14(2)15(3)12-16/h10-12,17H,4-9,13H2,1-3H3. The first kappa shape index (κ1) is 15.2. The molecule has 2 nitrogen and oxygen atoms in total. The van der Waals surface area contributed by atoms with E-state index >= 15 is 0 Å². The lowest BCUT2D eigenvalue weighted by atomic mass is 9.93. The molecule has 0 aromatic heterocycles. The summed E-state index contributed by atoms with van der Waals surface area (Å²) >= 11 is 0. The molecule has 1 aromatic rings. The number of Topliss-reactive ketones (excluding diaryl/α,β-unsaturated/α-hetero) is 1. The van der Waals surface area contributed by atoms with Gasteiger partial charge in [-0.3, -0.25) is 9.69 Å². The Kier molecular flexibility index (Phi) is 5.36. The van der Waals surface area contributed by atoms with Crippen LogP contribution in [0.4, 0.5) is 0 Å². The van der Waals surface area contributed by atoms with Crippen LogP contribution in [0.15, 0.2) is 18.2 Å². The second-order valence-corrected chi connectivity index (χ2v) is 6.08. The van der Waals surface area contributed by atoms with Gasteiger partial charge in [-0.2, -0.15) is 0 Å². The van der Waals surface area contributed by atoms with E-state index in [0.29, 0.717) is 12.6 Å². The van der Waals surface area contributed by atoms with Gasteiger partial charge in [0.1, 0.15) is 0 Å². The van der Waals surface area contributed by atoms with E-state index in [2.05, 4.69) is 31.7 Å². The molecule has 0 unspecified atom stereocenters. The van der Waals surface area contributed by atoms with Gasteiger partial charge in [-0.1, -0.05) is 38.3 Å². The first-order chi connectivity index (χ1) is 9.61. The molecule has 1 saturated carbocycles. The van der Waals surface area contributed by atoms with Crippen LogP contribution in [0.5, 0.6) is 0 Å². The summed E-state index contributed by atoms with van der Waals surface area (Å²) in [4.78, 5) is 14.9. The van der Waals surface area contributed by atoms with Gasteiger partial charge in [-0.15, -0.1) is 0 Å².